The molecule has 5 nitrogen and oxygen atoms in total. The molecule has 0 radical (unpaired) electrons. The maximum atomic E-state index is 5.28. The van der Waals surface area contributed by atoms with Gasteiger partial charge >= 0.3 is 0 Å². The van der Waals surface area contributed by atoms with Gasteiger partial charge in [0.05, 0.1) is 11.4 Å². The number of ether oxygens (including phenoxy) is 1. The Morgan fingerprint density at radius 2 is 1.87 bits per heavy atom. The molecule has 15 heavy (non-hydrogen) atoms. The lowest BCUT2D eigenvalue weighted by Gasteiger charge is -2.22. The Morgan fingerprint density at radius 3 is 2.53 bits per heavy atom. The first kappa shape index (κ1) is 10.3. The molecular weight excluding hydrogens is 192 g/mol. The average Bonchev–Trinajstić information content (AvgIpc) is 2.25. The normalized spacial score (nSPS) is 17.7. The van der Waals surface area contributed by atoms with E-state index < -0.39 is 0 Å². The second kappa shape index (κ2) is 4.53. The Bertz CT molecular complexity index is 336. The maximum Gasteiger partial charge on any atom is 0.243 e. The number of anilines is 1. The van der Waals surface area contributed by atoms with Crippen molar-refractivity contribution in [2.24, 2.45) is 0 Å². The van der Waals surface area contributed by atoms with Crippen LogP contribution in [0.3, 0.4) is 0 Å². The molecule has 2 rings (SSSR count). The first-order chi connectivity index (χ1) is 7.25. The first-order valence-corrected chi connectivity index (χ1v) is 5.28. The molecule has 1 aliphatic rings. The molecular formula is C10H16N4O. The van der Waals surface area contributed by atoms with Crippen LogP contribution in [0.25, 0.3) is 0 Å². The zero-order chi connectivity index (χ0) is 10.7. The maximum absolute atomic E-state index is 5.28. The van der Waals surface area contributed by atoms with Crippen molar-refractivity contribution in [2.75, 3.05) is 18.5 Å². The average molecular weight is 208 g/mol. The Kier molecular flexibility index (Phi) is 3.11. The third-order valence-electron chi connectivity index (χ3n) is 2.65. The van der Waals surface area contributed by atoms with E-state index in [4.69, 9.17) is 4.74 Å². The second-order valence-electron chi connectivity index (χ2n) is 3.84. The molecule has 1 N–H and O–H groups in total. The number of aryl methyl sites for hydroxylation is 2. The lowest BCUT2D eigenvalue weighted by Crippen LogP contribution is -2.29. The minimum absolute atomic E-state index is 0.419. The predicted octanol–water partition coefficient (Wildman–Crippen LogP) is 1.08. The highest BCUT2D eigenvalue weighted by Gasteiger charge is 2.14. The number of hydrogen-bond donors (Lipinski definition) is 1. The minimum Gasteiger partial charge on any atom is -0.381 e. The molecule has 0 aliphatic carbocycles. The molecule has 0 atom stereocenters. The highest BCUT2D eigenvalue weighted by Crippen LogP contribution is 2.11. The summed E-state index contributed by atoms with van der Waals surface area (Å²) in [6.45, 7) is 5.48. The molecule has 1 aromatic rings. The molecule has 1 aromatic heterocycles. The molecule has 0 saturated carbocycles. The first-order valence-electron chi connectivity index (χ1n) is 5.28. The molecule has 0 unspecified atom stereocenters. The third-order valence-corrected chi connectivity index (χ3v) is 2.65. The van der Waals surface area contributed by atoms with Crippen LogP contribution in [-0.2, 0) is 4.74 Å². The van der Waals surface area contributed by atoms with E-state index in [-0.39, 0.29) is 0 Å². The quantitative estimate of drug-likeness (QED) is 0.788. The van der Waals surface area contributed by atoms with Gasteiger partial charge in [0.2, 0.25) is 5.95 Å². The molecule has 0 bridgehead atoms. The molecule has 5 heteroatoms. The molecule has 2 heterocycles. The monoisotopic (exact) mass is 208 g/mol. The highest BCUT2D eigenvalue weighted by atomic mass is 16.5. The minimum atomic E-state index is 0.419. The van der Waals surface area contributed by atoms with E-state index in [1.807, 2.05) is 13.8 Å². The van der Waals surface area contributed by atoms with Crippen molar-refractivity contribution >= 4 is 5.95 Å². The summed E-state index contributed by atoms with van der Waals surface area (Å²) in [4.78, 5) is 4.34. The van der Waals surface area contributed by atoms with Gasteiger partial charge in [-0.1, -0.05) is 0 Å². The number of nitrogens with zero attached hydrogens (tertiary/aromatic N) is 3. The van der Waals surface area contributed by atoms with Crippen molar-refractivity contribution < 1.29 is 4.74 Å². The van der Waals surface area contributed by atoms with Crippen molar-refractivity contribution in [3.8, 4) is 0 Å². The third kappa shape index (κ3) is 2.62. The molecule has 1 aliphatic heterocycles. The fourth-order valence-electron chi connectivity index (χ4n) is 1.54. The van der Waals surface area contributed by atoms with Gasteiger partial charge in [0, 0.05) is 19.3 Å². The fourth-order valence-corrected chi connectivity index (χ4v) is 1.54. The topological polar surface area (TPSA) is 59.9 Å². The summed E-state index contributed by atoms with van der Waals surface area (Å²) in [5, 5.41) is 11.3. The summed E-state index contributed by atoms with van der Waals surface area (Å²) >= 11 is 0. The zero-order valence-corrected chi connectivity index (χ0v) is 9.16. The van der Waals surface area contributed by atoms with Crippen molar-refractivity contribution in [1.82, 2.24) is 15.2 Å². The van der Waals surface area contributed by atoms with E-state index >= 15 is 0 Å². The summed E-state index contributed by atoms with van der Waals surface area (Å²) < 4.78 is 5.28. The van der Waals surface area contributed by atoms with Crippen molar-refractivity contribution in [3.63, 3.8) is 0 Å². The van der Waals surface area contributed by atoms with E-state index in [1.165, 1.54) is 0 Å². The van der Waals surface area contributed by atoms with Crippen LogP contribution < -0.4 is 5.32 Å². The van der Waals surface area contributed by atoms with Crippen molar-refractivity contribution in [1.29, 1.82) is 0 Å². The largest absolute Gasteiger partial charge is 0.381 e. The number of aromatic nitrogens is 3. The Balaban J connectivity index is 2.00. The summed E-state index contributed by atoms with van der Waals surface area (Å²) in [5.74, 6) is 0.630. The highest BCUT2D eigenvalue weighted by molar-refractivity contribution is 5.26. The van der Waals surface area contributed by atoms with Crippen LogP contribution in [0.1, 0.15) is 24.2 Å². The summed E-state index contributed by atoms with van der Waals surface area (Å²) in [7, 11) is 0. The van der Waals surface area contributed by atoms with Gasteiger partial charge in [-0.2, -0.15) is 5.10 Å². The number of nitrogens with one attached hydrogen (secondary N) is 1. The van der Waals surface area contributed by atoms with Crippen molar-refractivity contribution in [3.05, 3.63) is 11.4 Å². The fraction of sp³-hybridized carbons (Fsp3) is 0.700. The van der Waals surface area contributed by atoms with Gasteiger partial charge < -0.3 is 10.1 Å². The molecule has 0 amide bonds. The smallest absolute Gasteiger partial charge is 0.243 e. The van der Waals surface area contributed by atoms with Crippen molar-refractivity contribution in [2.45, 2.75) is 32.7 Å². The lowest BCUT2D eigenvalue weighted by molar-refractivity contribution is 0.0903. The molecule has 1 fully saturated rings. The van der Waals surface area contributed by atoms with Gasteiger partial charge in [-0.05, 0) is 26.7 Å². The predicted molar refractivity (Wildman–Crippen MR) is 56.8 cm³/mol. The van der Waals surface area contributed by atoms with Gasteiger partial charge in [0.15, 0.2) is 0 Å². The van der Waals surface area contributed by atoms with Crippen LogP contribution in [0.2, 0.25) is 0 Å². The van der Waals surface area contributed by atoms with Crippen LogP contribution >= 0.6 is 0 Å². The van der Waals surface area contributed by atoms with Gasteiger partial charge in [0.25, 0.3) is 0 Å². The Hall–Kier alpha value is -1.23. The van der Waals surface area contributed by atoms with Crippen LogP contribution in [0.4, 0.5) is 5.95 Å². The summed E-state index contributed by atoms with van der Waals surface area (Å²) in [5.41, 5.74) is 1.81. The lowest BCUT2D eigenvalue weighted by atomic mass is 10.1. The number of rotatable bonds is 2. The van der Waals surface area contributed by atoms with Crippen LogP contribution in [-0.4, -0.2) is 34.4 Å². The molecule has 0 aromatic carbocycles. The van der Waals surface area contributed by atoms with E-state index in [1.54, 1.807) is 0 Å². The summed E-state index contributed by atoms with van der Waals surface area (Å²) in [6.07, 6.45) is 2.02. The van der Waals surface area contributed by atoms with E-state index in [0.29, 0.717) is 12.0 Å². The van der Waals surface area contributed by atoms with E-state index in [9.17, 15) is 0 Å². The Labute approximate surface area is 89.3 Å². The standard InChI is InChI=1S/C10H16N4O/c1-7-8(2)13-14-10(11-7)12-9-3-5-15-6-4-9/h9H,3-6H2,1-2H3,(H,11,12,14). The van der Waals surface area contributed by atoms with Crippen LogP contribution in [0.5, 0.6) is 0 Å². The second-order valence-corrected chi connectivity index (χ2v) is 3.84. The zero-order valence-electron chi connectivity index (χ0n) is 9.16. The van der Waals surface area contributed by atoms with E-state index in [0.717, 1.165) is 37.4 Å². The van der Waals surface area contributed by atoms with E-state index in [2.05, 4.69) is 20.5 Å². The van der Waals surface area contributed by atoms with Crippen LogP contribution in [0, 0.1) is 13.8 Å². The number of hydrogen-bond acceptors (Lipinski definition) is 5. The van der Waals surface area contributed by atoms with Gasteiger partial charge in [-0.25, -0.2) is 4.98 Å². The van der Waals surface area contributed by atoms with Gasteiger partial charge in [0.1, 0.15) is 0 Å². The molecule has 1 saturated heterocycles. The molecule has 82 valence electrons. The summed E-state index contributed by atoms with van der Waals surface area (Å²) in [6, 6.07) is 0.419. The van der Waals surface area contributed by atoms with Gasteiger partial charge in [-0.3, -0.25) is 0 Å². The SMILES string of the molecule is Cc1nnc(NC2CCOCC2)nc1C. The Morgan fingerprint density at radius 1 is 1.13 bits per heavy atom. The van der Waals surface area contributed by atoms with Crippen LogP contribution in [0.15, 0.2) is 0 Å². The van der Waals surface area contributed by atoms with Gasteiger partial charge in [-0.15, -0.1) is 5.10 Å². The molecule has 0 spiro atoms.